The number of anilines is 1. The number of carbonyl (C=O) groups is 3. The molecule has 1 aromatic heterocycles. The number of ether oxygens (including phenoxy) is 2. The summed E-state index contributed by atoms with van der Waals surface area (Å²) < 4.78 is 14.0. The number of carbonyl (C=O) groups excluding carboxylic acids is 3. The van der Waals surface area contributed by atoms with E-state index in [1.807, 2.05) is 52.0 Å². The minimum absolute atomic E-state index is 0.0349. The number of aliphatic hydroxyl groups excluding tert-OH is 1. The molecule has 3 saturated heterocycles. The Labute approximate surface area is 262 Å². The lowest BCUT2D eigenvalue weighted by Crippen LogP contribution is -2.58. The summed E-state index contributed by atoms with van der Waals surface area (Å²) in [5.74, 6) is -1.91. The van der Waals surface area contributed by atoms with Gasteiger partial charge < -0.3 is 30.1 Å². The van der Waals surface area contributed by atoms with Gasteiger partial charge >= 0.3 is 0 Å². The summed E-state index contributed by atoms with van der Waals surface area (Å²) in [6.07, 6.45) is 1.98. The summed E-state index contributed by atoms with van der Waals surface area (Å²) in [4.78, 5) is 44.4. The Morgan fingerprint density at radius 2 is 1.87 bits per heavy atom. The number of nitrogens with zero attached hydrogens (tertiary/aromatic N) is 4. The molecule has 240 valence electrons. The molecule has 3 amide bonds. The molecule has 2 bridgehead atoms. The number of rotatable bonds is 12. The highest BCUT2D eigenvalue weighted by molar-refractivity contribution is 6.02. The van der Waals surface area contributed by atoms with Gasteiger partial charge in [0.2, 0.25) is 17.7 Å². The number of aliphatic hydroxyl groups is 1. The second-order valence-electron chi connectivity index (χ2n) is 12.8. The molecule has 0 radical (unpaired) electrons. The molecule has 3 fully saturated rings. The number of hydrogen-bond donors (Lipinski definition) is 3. The Morgan fingerprint density at radius 1 is 1.11 bits per heavy atom. The van der Waals surface area contributed by atoms with Crippen LogP contribution < -0.4 is 15.4 Å². The van der Waals surface area contributed by atoms with Gasteiger partial charge in [-0.15, -0.1) is 5.10 Å². The minimum atomic E-state index is -1.22. The van der Waals surface area contributed by atoms with Crippen LogP contribution in [0.4, 0.5) is 5.69 Å². The Hall–Kier alpha value is -4.03. The van der Waals surface area contributed by atoms with Crippen LogP contribution in [0, 0.1) is 17.8 Å². The highest BCUT2D eigenvalue weighted by Crippen LogP contribution is 2.64. The molecule has 3 N–H and O–H groups in total. The maximum Gasteiger partial charge on any atom is 0.247 e. The lowest BCUT2D eigenvalue weighted by molar-refractivity contribution is -0.150. The van der Waals surface area contributed by atoms with Crippen molar-refractivity contribution in [3.8, 4) is 5.75 Å². The van der Waals surface area contributed by atoms with Gasteiger partial charge in [0.05, 0.1) is 42.2 Å². The van der Waals surface area contributed by atoms with Gasteiger partial charge in [-0.1, -0.05) is 38.1 Å². The second kappa shape index (κ2) is 12.1. The maximum absolute atomic E-state index is 14.5. The molecular formula is C33H42N6O6. The van der Waals surface area contributed by atoms with Gasteiger partial charge in [-0.3, -0.25) is 14.4 Å². The average Bonchev–Trinajstić information content (AvgIpc) is 3.76. The van der Waals surface area contributed by atoms with Gasteiger partial charge in [0.15, 0.2) is 0 Å². The quantitative estimate of drug-likeness (QED) is 0.281. The third-order valence-corrected chi connectivity index (χ3v) is 9.75. The van der Waals surface area contributed by atoms with E-state index in [-0.39, 0.29) is 31.0 Å². The number of para-hydroxylation sites is 1. The van der Waals surface area contributed by atoms with E-state index in [4.69, 9.17) is 9.47 Å². The van der Waals surface area contributed by atoms with Crippen LogP contribution in [0.25, 0.3) is 11.0 Å². The van der Waals surface area contributed by atoms with E-state index < -0.39 is 41.0 Å². The topological polar surface area (TPSA) is 148 Å². The molecule has 12 nitrogen and oxygen atoms in total. The van der Waals surface area contributed by atoms with Crippen molar-refractivity contribution in [2.45, 2.75) is 83.3 Å². The maximum atomic E-state index is 14.5. The van der Waals surface area contributed by atoms with Crippen LogP contribution in [-0.4, -0.2) is 79.2 Å². The van der Waals surface area contributed by atoms with Crippen molar-refractivity contribution in [2.75, 3.05) is 18.5 Å². The van der Waals surface area contributed by atoms with Crippen LogP contribution in [0.15, 0.2) is 48.5 Å². The van der Waals surface area contributed by atoms with Gasteiger partial charge in [-0.25, -0.2) is 4.68 Å². The lowest BCUT2D eigenvalue weighted by Gasteiger charge is -2.37. The van der Waals surface area contributed by atoms with Crippen LogP contribution in [0.2, 0.25) is 0 Å². The Balaban J connectivity index is 1.34. The molecule has 12 heteroatoms. The van der Waals surface area contributed by atoms with Crippen molar-refractivity contribution in [3.05, 3.63) is 48.5 Å². The fourth-order valence-electron chi connectivity index (χ4n) is 7.87. The highest BCUT2D eigenvalue weighted by atomic mass is 16.5. The van der Waals surface area contributed by atoms with Crippen LogP contribution in [0.5, 0.6) is 5.75 Å². The van der Waals surface area contributed by atoms with Crippen LogP contribution in [0.1, 0.15) is 53.4 Å². The number of benzene rings is 2. The monoisotopic (exact) mass is 618 g/mol. The third-order valence-electron chi connectivity index (χ3n) is 9.75. The van der Waals surface area contributed by atoms with Crippen molar-refractivity contribution >= 4 is 34.4 Å². The van der Waals surface area contributed by atoms with Gasteiger partial charge in [-0.05, 0) is 74.9 Å². The zero-order valence-corrected chi connectivity index (χ0v) is 26.2. The zero-order valence-electron chi connectivity index (χ0n) is 26.2. The third kappa shape index (κ3) is 5.13. The summed E-state index contributed by atoms with van der Waals surface area (Å²) in [7, 11) is 0. The first-order valence-electron chi connectivity index (χ1n) is 15.9. The Bertz CT molecular complexity index is 1580. The van der Waals surface area contributed by atoms with Crippen molar-refractivity contribution in [3.63, 3.8) is 0 Å². The molecule has 3 aliphatic rings. The van der Waals surface area contributed by atoms with Crippen LogP contribution in [0.3, 0.4) is 0 Å². The number of fused-ring (bicyclic) bond motifs is 2. The molecule has 45 heavy (non-hydrogen) atoms. The first kappa shape index (κ1) is 31.0. The Kier molecular flexibility index (Phi) is 8.30. The molecule has 6 atom stereocenters. The fourth-order valence-corrected chi connectivity index (χ4v) is 7.87. The van der Waals surface area contributed by atoms with Crippen molar-refractivity contribution < 1.29 is 29.0 Å². The fraction of sp³-hybridized carbons (Fsp3) is 0.545. The predicted molar refractivity (Wildman–Crippen MR) is 166 cm³/mol. The minimum Gasteiger partial charge on any atom is -0.494 e. The summed E-state index contributed by atoms with van der Waals surface area (Å²) in [5.41, 5.74) is -0.0713. The summed E-state index contributed by atoms with van der Waals surface area (Å²) in [6, 6.07) is 12.9. The molecule has 6 rings (SSSR count). The number of amides is 3. The number of likely N-dealkylation sites (tertiary alicyclic amines) is 1. The second-order valence-corrected chi connectivity index (χ2v) is 12.8. The van der Waals surface area contributed by atoms with E-state index in [0.29, 0.717) is 49.2 Å². The number of nitrogens with one attached hydrogen (secondary N) is 2. The van der Waals surface area contributed by atoms with Crippen molar-refractivity contribution in [2.24, 2.45) is 17.8 Å². The van der Waals surface area contributed by atoms with Gasteiger partial charge in [0.25, 0.3) is 0 Å². The van der Waals surface area contributed by atoms with Crippen LogP contribution >= 0.6 is 0 Å². The largest absolute Gasteiger partial charge is 0.494 e. The average molecular weight is 619 g/mol. The molecule has 2 aromatic carbocycles. The van der Waals surface area contributed by atoms with Crippen molar-refractivity contribution in [1.29, 1.82) is 0 Å². The molecule has 2 unspecified atom stereocenters. The van der Waals surface area contributed by atoms with E-state index in [2.05, 4.69) is 20.9 Å². The summed E-state index contributed by atoms with van der Waals surface area (Å²) >= 11 is 0. The van der Waals surface area contributed by atoms with E-state index in [1.165, 1.54) is 4.90 Å². The first-order chi connectivity index (χ1) is 21.7. The molecule has 4 heterocycles. The van der Waals surface area contributed by atoms with E-state index in [1.54, 1.807) is 28.9 Å². The number of hydrogen-bond acceptors (Lipinski definition) is 8. The highest BCUT2D eigenvalue weighted by Gasteiger charge is 2.79. The number of aromatic nitrogens is 3. The molecular weight excluding hydrogens is 576 g/mol. The molecule has 1 spiro atoms. The molecule has 0 saturated carbocycles. The zero-order chi connectivity index (χ0) is 31.9. The standard InChI is InChI=1S/C33H42N6O6/c1-5-32-15-16-33(45-32)27(26(32)29(41)35-21-11-13-23(14-12-21)44-6-2)31(43)39(22(18-40)17-20(3)4)28(33)30(42)34-19-38-25-10-8-7-9-24(25)36-37-38/h7-14,20,22,26-28,40H,5-6,15-19H2,1-4H3,(H,34,42)(H,35,41)/t22-,26+,27+,28?,32-,33?/m1/s1. The van der Waals surface area contributed by atoms with E-state index in [0.717, 1.165) is 5.52 Å². The van der Waals surface area contributed by atoms with Crippen LogP contribution in [-0.2, 0) is 25.8 Å². The molecule has 3 aliphatic heterocycles. The van der Waals surface area contributed by atoms with E-state index in [9.17, 15) is 19.5 Å². The van der Waals surface area contributed by atoms with Crippen molar-refractivity contribution in [1.82, 2.24) is 25.2 Å². The smallest absolute Gasteiger partial charge is 0.247 e. The molecule has 3 aromatic rings. The summed E-state index contributed by atoms with van der Waals surface area (Å²) in [6.45, 7) is 8.13. The Morgan fingerprint density at radius 3 is 2.56 bits per heavy atom. The van der Waals surface area contributed by atoms with Gasteiger partial charge in [0.1, 0.15) is 29.6 Å². The van der Waals surface area contributed by atoms with Gasteiger partial charge in [-0.2, -0.15) is 0 Å². The normalized spacial score (nSPS) is 27.6. The first-order valence-corrected chi connectivity index (χ1v) is 15.9. The predicted octanol–water partition coefficient (Wildman–Crippen LogP) is 3.10. The molecule has 0 aliphatic carbocycles. The lowest BCUT2D eigenvalue weighted by atomic mass is 9.65. The van der Waals surface area contributed by atoms with Gasteiger partial charge in [0, 0.05) is 5.69 Å². The SMILES string of the molecule is CCOc1ccc(NC(=O)[C@@H]2[C@H]3C(=O)N([C@@H](CO)CC(C)C)C(C(=O)NCn4nnc5ccccc54)C34CC[C@@]2(CC)O4)cc1. The van der Waals surface area contributed by atoms with E-state index >= 15 is 0 Å². The summed E-state index contributed by atoms with van der Waals surface area (Å²) in [5, 5.41) is 24.9.